The second-order valence-electron chi connectivity index (χ2n) is 29.1. The van der Waals surface area contributed by atoms with Gasteiger partial charge in [-0.25, -0.2) is 9.13 Å². The van der Waals surface area contributed by atoms with Gasteiger partial charge in [-0.15, -0.1) is 0 Å². The van der Waals surface area contributed by atoms with E-state index in [1.54, 1.807) is 0 Å². The monoisotopic (exact) mass is 1400 g/mol. The quantitative estimate of drug-likeness (QED) is 0.0222. The summed E-state index contributed by atoms with van der Waals surface area (Å²) in [5.41, 5.74) is 0. The second-order valence-corrected chi connectivity index (χ2v) is 32.0. The molecule has 0 aliphatic heterocycles. The first-order valence-electron chi connectivity index (χ1n) is 39.2. The van der Waals surface area contributed by atoms with E-state index in [0.29, 0.717) is 31.6 Å². The molecule has 0 saturated heterocycles. The molecule has 564 valence electrons. The Morgan fingerprint density at radius 3 is 0.747 bits per heavy atom. The smallest absolute Gasteiger partial charge is 0.462 e. The standard InChI is InChI=1S/C76H148O17P2/c1-9-69(8)55-47-39-30-24-20-21-25-31-40-48-56-73(78)86-62-71(92-75(80)58-50-42-32-26-18-14-12-10-11-13-16-22-28-36-44-52-66(2)3)64-90-94(82,83)88-60-70(77)61-89-95(84,85)91-65-72(63-87-74(79)57-49-41-35-34-38-46-54-68(6)7)93-76(81)59-51-43-33-27-19-15-17-23-29-37-45-53-67(4)5/h66-72,77H,9-65H2,1-8H3,(H,82,83)(H,84,85)/t69?,70-,71-,72-/m1/s1. The minimum absolute atomic E-state index is 0.105. The topological polar surface area (TPSA) is 237 Å². The van der Waals surface area contributed by atoms with E-state index in [1.165, 1.54) is 180 Å². The summed E-state index contributed by atoms with van der Waals surface area (Å²) in [5.74, 6) is 0.935. The lowest BCUT2D eigenvalue weighted by Crippen LogP contribution is -2.30. The maximum absolute atomic E-state index is 13.1. The Balaban J connectivity index is 5.24. The molecule has 0 aliphatic carbocycles. The molecular weight excluding hydrogens is 1250 g/mol. The first-order valence-corrected chi connectivity index (χ1v) is 42.2. The van der Waals surface area contributed by atoms with Crippen LogP contribution in [-0.4, -0.2) is 96.7 Å². The van der Waals surface area contributed by atoms with E-state index in [2.05, 4.69) is 55.4 Å². The highest BCUT2D eigenvalue weighted by atomic mass is 31.2. The fraction of sp³-hybridized carbons (Fsp3) is 0.947. The summed E-state index contributed by atoms with van der Waals surface area (Å²) in [6.07, 6.45) is 50.0. The fourth-order valence-electron chi connectivity index (χ4n) is 11.5. The number of phosphoric ester groups is 2. The Morgan fingerprint density at radius 1 is 0.295 bits per heavy atom. The summed E-state index contributed by atoms with van der Waals surface area (Å²) in [6, 6.07) is 0. The van der Waals surface area contributed by atoms with Crippen molar-refractivity contribution in [2.75, 3.05) is 39.6 Å². The summed E-state index contributed by atoms with van der Waals surface area (Å²) in [5, 5.41) is 10.6. The molecular formula is C76H148O17P2. The molecule has 0 spiro atoms. The molecule has 19 heteroatoms. The highest BCUT2D eigenvalue weighted by Gasteiger charge is 2.30. The maximum atomic E-state index is 13.1. The lowest BCUT2D eigenvalue weighted by Gasteiger charge is -2.21. The molecule has 17 nitrogen and oxygen atoms in total. The molecule has 0 aliphatic rings. The van der Waals surface area contributed by atoms with Gasteiger partial charge in [-0.1, -0.05) is 331 Å². The zero-order chi connectivity index (χ0) is 70.3. The molecule has 95 heavy (non-hydrogen) atoms. The van der Waals surface area contributed by atoms with Crippen LogP contribution in [0.15, 0.2) is 0 Å². The van der Waals surface area contributed by atoms with Crippen LogP contribution < -0.4 is 0 Å². The number of carbonyl (C=O) groups excluding carboxylic acids is 4. The molecule has 0 rings (SSSR count). The molecule has 0 amide bonds. The van der Waals surface area contributed by atoms with E-state index in [0.717, 1.165) is 114 Å². The van der Waals surface area contributed by atoms with Crippen molar-refractivity contribution in [2.24, 2.45) is 23.7 Å². The number of aliphatic hydroxyl groups is 1. The van der Waals surface area contributed by atoms with E-state index >= 15 is 0 Å². The van der Waals surface area contributed by atoms with Gasteiger partial charge in [-0.05, 0) is 49.4 Å². The number of ether oxygens (including phenoxy) is 4. The van der Waals surface area contributed by atoms with Gasteiger partial charge in [0.05, 0.1) is 26.4 Å². The molecule has 0 aromatic rings. The highest BCUT2D eigenvalue weighted by molar-refractivity contribution is 7.47. The fourth-order valence-corrected chi connectivity index (χ4v) is 13.1. The molecule has 0 aromatic heterocycles. The number of hydrogen-bond acceptors (Lipinski definition) is 15. The molecule has 3 N–H and O–H groups in total. The van der Waals surface area contributed by atoms with Crippen molar-refractivity contribution in [3.8, 4) is 0 Å². The van der Waals surface area contributed by atoms with Crippen molar-refractivity contribution >= 4 is 39.5 Å². The number of aliphatic hydroxyl groups excluding tert-OH is 1. The highest BCUT2D eigenvalue weighted by Crippen LogP contribution is 2.45. The van der Waals surface area contributed by atoms with Crippen LogP contribution in [0.3, 0.4) is 0 Å². The normalized spacial score (nSPS) is 14.4. The minimum atomic E-state index is -4.96. The van der Waals surface area contributed by atoms with Crippen molar-refractivity contribution in [3.05, 3.63) is 0 Å². The summed E-state index contributed by atoms with van der Waals surface area (Å²) in [6.45, 7) is 14.2. The van der Waals surface area contributed by atoms with Crippen LogP contribution in [0.1, 0.15) is 383 Å². The van der Waals surface area contributed by atoms with Crippen molar-refractivity contribution in [1.82, 2.24) is 0 Å². The van der Waals surface area contributed by atoms with Crippen LogP contribution in [0, 0.1) is 23.7 Å². The average molecular weight is 1400 g/mol. The molecule has 6 atom stereocenters. The van der Waals surface area contributed by atoms with E-state index < -0.39 is 97.5 Å². The molecule has 0 fully saturated rings. The Bertz CT molecular complexity index is 1870. The summed E-state index contributed by atoms with van der Waals surface area (Å²) >= 11 is 0. The zero-order valence-electron chi connectivity index (χ0n) is 62.3. The van der Waals surface area contributed by atoms with Gasteiger partial charge in [0.15, 0.2) is 12.2 Å². The summed E-state index contributed by atoms with van der Waals surface area (Å²) < 4.78 is 68.5. The maximum Gasteiger partial charge on any atom is 0.472 e. The molecule has 0 bridgehead atoms. The lowest BCUT2D eigenvalue weighted by molar-refractivity contribution is -0.161. The number of hydrogen-bond donors (Lipinski definition) is 3. The van der Waals surface area contributed by atoms with E-state index in [4.69, 9.17) is 37.0 Å². The molecule has 0 saturated carbocycles. The van der Waals surface area contributed by atoms with Crippen LogP contribution in [0.4, 0.5) is 0 Å². The summed E-state index contributed by atoms with van der Waals surface area (Å²) in [4.78, 5) is 72.8. The van der Waals surface area contributed by atoms with Gasteiger partial charge in [-0.2, -0.15) is 0 Å². The second kappa shape index (κ2) is 65.4. The van der Waals surface area contributed by atoms with Gasteiger partial charge in [0.1, 0.15) is 19.3 Å². The number of unbranched alkanes of at least 4 members (excludes halogenated alkanes) is 38. The molecule has 0 heterocycles. The van der Waals surface area contributed by atoms with E-state index in [1.807, 2.05) is 0 Å². The number of rotatable bonds is 73. The lowest BCUT2D eigenvalue weighted by atomic mass is 9.99. The predicted molar refractivity (Wildman–Crippen MR) is 386 cm³/mol. The third-order valence-corrected chi connectivity index (χ3v) is 19.8. The van der Waals surface area contributed by atoms with Gasteiger partial charge in [0.25, 0.3) is 0 Å². The predicted octanol–water partition coefficient (Wildman–Crippen LogP) is 22.0. The van der Waals surface area contributed by atoms with Gasteiger partial charge in [0.2, 0.25) is 0 Å². The Labute approximate surface area is 581 Å². The Hall–Kier alpha value is -1.94. The van der Waals surface area contributed by atoms with Crippen LogP contribution in [0.25, 0.3) is 0 Å². The van der Waals surface area contributed by atoms with E-state index in [-0.39, 0.29) is 25.7 Å². The largest absolute Gasteiger partial charge is 0.472 e. The van der Waals surface area contributed by atoms with Gasteiger partial charge in [-0.3, -0.25) is 37.3 Å². The van der Waals surface area contributed by atoms with Crippen molar-refractivity contribution < 1.29 is 80.2 Å². The van der Waals surface area contributed by atoms with Crippen molar-refractivity contribution in [2.45, 2.75) is 401 Å². The molecule has 3 unspecified atom stereocenters. The zero-order valence-corrected chi connectivity index (χ0v) is 64.1. The third-order valence-electron chi connectivity index (χ3n) is 17.9. The minimum Gasteiger partial charge on any atom is -0.462 e. The van der Waals surface area contributed by atoms with Crippen LogP contribution in [0.2, 0.25) is 0 Å². The Kier molecular flexibility index (Phi) is 64.0. The molecule has 0 aromatic carbocycles. The first-order chi connectivity index (χ1) is 45.6. The van der Waals surface area contributed by atoms with Gasteiger partial charge < -0.3 is 33.8 Å². The van der Waals surface area contributed by atoms with Crippen LogP contribution in [0.5, 0.6) is 0 Å². The van der Waals surface area contributed by atoms with Gasteiger partial charge in [0, 0.05) is 25.7 Å². The third kappa shape index (κ3) is 69.0. The van der Waals surface area contributed by atoms with Crippen LogP contribution in [-0.2, 0) is 65.4 Å². The average Bonchev–Trinajstić information content (AvgIpc) is 1.70. The van der Waals surface area contributed by atoms with Gasteiger partial charge >= 0.3 is 39.5 Å². The Morgan fingerprint density at radius 2 is 0.505 bits per heavy atom. The first kappa shape index (κ1) is 93.1. The van der Waals surface area contributed by atoms with Crippen LogP contribution >= 0.6 is 15.6 Å². The summed E-state index contributed by atoms with van der Waals surface area (Å²) in [7, 11) is -9.91. The number of carbonyl (C=O) groups is 4. The van der Waals surface area contributed by atoms with Crippen molar-refractivity contribution in [1.29, 1.82) is 0 Å². The number of esters is 4. The number of phosphoric acid groups is 2. The molecule has 0 radical (unpaired) electrons. The van der Waals surface area contributed by atoms with E-state index in [9.17, 15) is 43.2 Å². The van der Waals surface area contributed by atoms with Crippen molar-refractivity contribution in [3.63, 3.8) is 0 Å². The SMILES string of the molecule is CCC(C)CCCCCCCCCCCCC(=O)OC[C@H](COP(=O)(O)OC[C@@H](O)COP(=O)(O)OC[C@@H](COC(=O)CCCCCCCCC(C)C)OC(=O)CCCCCCCCCCCCCC(C)C)OC(=O)CCCCCCCCCCCCCCCCCC(C)C.